The first-order valence-corrected chi connectivity index (χ1v) is 7.18. The van der Waals surface area contributed by atoms with Crippen LogP contribution in [0.4, 0.5) is 0 Å². The molecule has 0 radical (unpaired) electrons. The number of rotatable bonds is 4. The van der Waals surface area contributed by atoms with Gasteiger partial charge in [-0.2, -0.15) is 0 Å². The van der Waals surface area contributed by atoms with Crippen molar-refractivity contribution in [2.45, 2.75) is 13.5 Å². The average molecular weight is 290 g/mol. The molecule has 0 N–H and O–H groups in total. The summed E-state index contributed by atoms with van der Waals surface area (Å²) in [4.78, 5) is 33.8. The van der Waals surface area contributed by atoms with Crippen LogP contribution in [0.15, 0.2) is 24.4 Å². The molecule has 0 saturated carbocycles. The zero-order chi connectivity index (χ0) is 15.2. The molecule has 0 aromatic carbocycles. The lowest BCUT2D eigenvalue weighted by Crippen LogP contribution is -2.50. The fraction of sp³-hybridized carbons (Fsp3) is 0.533. The lowest BCUT2D eigenvalue weighted by Gasteiger charge is -2.33. The lowest BCUT2D eigenvalue weighted by atomic mass is 10.3. The number of aromatic nitrogens is 1. The Morgan fingerprint density at radius 2 is 1.95 bits per heavy atom. The van der Waals surface area contributed by atoms with Crippen molar-refractivity contribution in [2.24, 2.45) is 0 Å². The Bertz CT molecular complexity index is 484. The maximum absolute atomic E-state index is 12.3. The SMILES string of the molecule is CC(=O)N(CC(=O)N1CCN(C)CC1)Cc1ccccn1. The number of hydrogen-bond donors (Lipinski definition) is 0. The molecule has 1 aliphatic rings. The third-order valence-electron chi connectivity index (χ3n) is 3.71. The van der Waals surface area contributed by atoms with Crippen LogP contribution in [0, 0.1) is 0 Å². The number of pyridine rings is 1. The molecular weight excluding hydrogens is 268 g/mol. The standard InChI is InChI=1S/C15H22N4O2/c1-13(20)19(11-14-5-3-4-6-16-14)12-15(21)18-9-7-17(2)8-10-18/h3-6H,7-12H2,1-2H3. The van der Waals surface area contributed by atoms with Gasteiger partial charge in [0.25, 0.3) is 0 Å². The van der Waals surface area contributed by atoms with Crippen molar-refractivity contribution in [3.05, 3.63) is 30.1 Å². The van der Waals surface area contributed by atoms with E-state index >= 15 is 0 Å². The predicted octanol–water partition coefficient (Wildman–Crippen LogP) is 0.204. The maximum Gasteiger partial charge on any atom is 0.242 e. The molecule has 6 heteroatoms. The van der Waals surface area contributed by atoms with Gasteiger partial charge < -0.3 is 14.7 Å². The monoisotopic (exact) mass is 290 g/mol. The van der Waals surface area contributed by atoms with E-state index in [1.807, 2.05) is 30.1 Å². The first kappa shape index (κ1) is 15.4. The normalized spacial score (nSPS) is 15.8. The Labute approximate surface area is 125 Å². The van der Waals surface area contributed by atoms with Crippen molar-refractivity contribution in [2.75, 3.05) is 39.8 Å². The van der Waals surface area contributed by atoms with Gasteiger partial charge in [-0.05, 0) is 19.2 Å². The van der Waals surface area contributed by atoms with Crippen molar-refractivity contribution < 1.29 is 9.59 Å². The Hall–Kier alpha value is -1.95. The van der Waals surface area contributed by atoms with Crippen molar-refractivity contribution in [3.63, 3.8) is 0 Å². The molecule has 0 spiro atoms. The lowest BCUT2D eigenvalue weighted by molar-refractivity contribution is -0.140. The Balaban J connectivity index is 1.93. The van der Waals surface area contributed by atoms with Gasteiger partial charge in [0, 0.05) is 39.3 Å². The summed E-state index contributed by atoms with van der Waals surface area (Å²) in [5.41, 5.74) is 0.791. The summed E-state index contributed by atoms with van der Waals surface area (Å²) in [6.45, 7) is 5.19. The molecule has 2 amide bonds. The fourth-order valence-corrected chi connectivity index (χ4v) is 2.28. The van der Waals surface area contributed by atoms with Gasteiger partial charge in [-0.1, -0.05) is 6.07 Å². The van der Waals surface area contributed by atoms with Crippen molar-refractivity contribution in [1.82, 2.24) is 19.7 Å². The van der Waals surface area contributed by atoms with Gasteiger partial charge in [0.05, 0.1) is 12.2 Å². The Morgan fingerprint density at radius 1 is 1.24 bits per heavy atom. The van der Waals surface area contributed by atoms with Gasteiger partial charge in [-0.15, -0.1) is 0 Å². The highest BCUT2D eigenvalue weighted by molar-refractivity contribution is 5.83. The molecule has 1 aromatic heterocycles. The number of amides is 2. The highest BCUT2D eigenvalue weighted by Gasteiger charge is 2.22. The summed E-state index contributed by atoms with van der Waals surface area (Å²) in [7, 11) is 2.05. The first-order valence-electron chi connectivity index (χ1n) is 7.18. The predicted molar refractivity (Wildman–Crippen MR) is 79.4 cm³/mol. The van der Waals surface area contributed by atoms with Crippen LogP contribution < -0.4 is 0 Å². The summed E-state index contributed by atoms with van der Waals surface area (Å²) < 4.78 is 0. The molecule has 0 unspecified atom stereocenters. The van der Waals surface area contributed by atoms with Crippen LogP contribution in [-0.4, -0.2) is 71.3 Å². The topological polar surface area (TPSA) is 56.8 Å². The number of piperazine rings is 1. The molecule has 0 bridgehead atoms. The molecule has 2 heterocycles. The fourth-order valence-electron chi connectivity index (χ4n) is 2.28. The number of carbonyl (C=O) groups is 2. The molecule has 0 aliphatic carbocycles. The van der Waals surface area contributed by atoms with Crippen LogP contribution in [0.2, 0.25) is 0 Å². The number of nitrogens with zero attached hydrogens (tertiary/aromatic N) is 4. The van der Waals surface area contributed by atoms with Crippen molar-refractivity contribution in [3.8, 4) is 0 Å². The van der Waals surface area contributed by atoms with Gasteiger partial charge in [0.15, 0.2) is 0 Å². The molecule has 1 saturated heterocycles. The highest BCUT2D eigenvalue weighted by Crippen LogP contribution is 2.05. The van der Waals surface area contributed by atoms with Crippen molar-refractivity contribution in [1.29, 1.82) is 0 Å². The summed E-state index contributed by atoms with van der Waals surface area (Å²) in [6, 6.07) is 5.57. The van der Waals surface area contributed by atoms with Crippen LogP contribution in [0.25, 0.3) is 0 Å². The molecule has 1 fully saturated rings. The van der Waals surface area contributed by atoms with E-state index < -0.39 is 0 Å². The molecule has 2 rings (SSSR count). The number of hydrogen-bond acceptors (Lipinski definition) is 4. The van der Waals surface area contributed by atoms with Gasteiger partial charge >= 0.3 is 0 Å². The second kappa shape index (κ2) is 7.17. The summed E-state index contributed by atoms with van der Waals surface area (Å²) in [5, 5.41) is 0. The molecule has 114 valence electrons. The minimum atomic E-state index is -0.108. The number of likely N-dealkylation sites (N-methyl/N-ethyl adjacent to an activating group) is 1. The Morgan fingerprint density at radius 3 is 2.52 bits per heavy atom. The van der Waals surface area contributed by atoms with Crippen LogP contribution in [-0.2, 0) is 16.1 Å². The molecule has 21 heavy (non-hydrogen) atoms. The zero-order valence-corrected chi connectivity index (χ0v) is 12.7. The third-order valence-corrected chi connectivity index (χ3v) is 3.71. The van der Waals surface area contributed by atoms with Crippen LogP contribution in [0.5, 0.6) is 0 Å². The van der Waals surface area contributed by atoms with Gasteiger partial charge in [0.1, 0.15) is 6.54 Å². The quantitative estimate of drug-likeness (QED) is 0.795. The average Bonchev–Trinajstić information content (AvgIpc) is 2.48. The van der Waals surface area contributed by atoms with Crippen LogP contribution >= 0.6 is 0 Å². The molecule has 6 nitrogen and oxygen atoms in total. The maximum atomic E-state index is 12.3. The van der Waals surface area contributed by atoms with E-state index in [2.05, 4.69) is 9.88 Å². The van der Waals surface area contributed by atoms with Crippen molar-refractivity contribution >= 4 is 11.8 Å². The zero-order valence-electron chi connectivity index (χ0n) is 12.7. The van der Waals surface area contributed by atoms with E-state index in [4.69, 9.17) is 0 Å². The minimum Gasteiger partial charge on any atom is -0.339 e. The van der Waals surface area contributed by atoms with Crippen LogP contribution in [0.3, 0.4) is 0 Å². The summed E-state index contributed by atoms with van der Waals surface area (Å²) in [6.07, 6.45) is 1.69. The Kier molecular flexibility index (Phi) is 5.27. The minimum absolute atomic E-state index is 0.00855. The van der Waals surface area contributed by atoms with Gasteiger partial charge in [-0.3, -0.25) is 14.6 Å². The van der Waals surface area contributed by atoms with E-state index in [-0.39, 0.29) is 18.4 Å². The van der Waals surface area contributed by atoms with Gasteiger partial charge in [0.2, 0.25) is 11.8 Å². The molecule has 1 aromatic rings. The molecular formula is C15H22N4O2. The number of carbonyl (C=O) groups excluding carboxylic acids is 2. The second-order valence-corrected chi connectivity index (χ2v) is 5.38. The smallest absolute Gasteiger partial charge is 0.242 e. The second-order valence-electron chi connectivity index (χ2n) is 5.38. The molecule has 0 atom stereocenters. The van der Waals surface area contributed by atoms with E-state index in [0.29, 0.717) is 6.54 Å². The van der Waals surface area contributed by atoms with E-state index in [1.54, 1.807) is 11.1 Å². The third kappa shape index (κ3) is 4.53. The summed E-state index contributed by atoms with van der Waals surface area (Å²) >= 11 is 0. The van der Waals surface area contributed by atoms with Gasteiger partial charge in [-0.25, -0.2) is 0 Å². The summed E-state index contributed by atoms with van der Waals surface area (Å²) in [5.74, 6) is -0.0997. The highest BCUT2D eigenvalue weighted by atomic mass is 16.2. The van der Waals surface area contributed by atoms with E-state index in [0.717, 1.165) is 31.9 Å². The van der Waals surface area contributed by atoms with E-state index in [9.17, 15) is 9.59 Å². The molecule has 1 aliphatic heterocycles. The largest absolute Gasteiger partial charge is 0.339 e. The first-order chi connectivity index (χ1) is 10.1. The van der Waals surface area contributed by atoms with E-state index in [1.165, 1.54) is 6.92 Å². The van der Waals surface area contributed by atoms with Crippen LogP contribution in [0.1, 0.15) is 12.6 Å².